The van der Waals surface area contributed by atoms with E-state index in [0.717, 1.165) is 19.5 Å². The third-order valence-electron chi connectivity index (χ3n) is 2.44. The molecule has 4 N–H and O–H groups in total. The van der Waals surface area contributed by atoms with Gasteiger partial charge in [-0.2, -0.15) is 0 Å². The summed E-state index contributed by atoms with van der Waals surface area (Å²) in [5.41, 5.74) is 0. The molecule has 0 aromatic carbocycles. The normalized spacial score (nSPS) is 32.2. The highest BCUT2D eigenvalue weighted by molar-refractivity contribution is 5.98. The van der Waals surface area contributed by atoms with Crippen LogP contribution in [0.15, 0.2) is 0 Å². The first kappa shape index (κ1) is 8.53. The number of amidine groups is 2. The van der Waals surface area contributed by atoms with Gasteiger partial charge in [0.15, 0.2) is 0 Å². The molecule has 0 fully saturated rings. The Morgan fingerprint density at radius 3 is 1.85 bits per heavy atom. The van der Waals surface area contributed by atoms with E-state index in [1.807, 2.05) is 0 Å². The van der Waals surface area contributed by atoms with Crippen molar-refractivity contribution in [1.29, 1.82) is 0 Å². The van der Waals surface area contributed by atoms with Crippen molar-refractivity contribution in [2.24, 2.45) is 0 Å². The van der Waals surface area contributed by atoms with Crippen molar-refractivity contribution in [1.82, 2.24) is 10.6 Å². The van der Waals surface area contributed by atoms with Crippen molar-refractivity contribution >= 4 is 11.7 Å². The zero-order chi connectivity index (χ0) is 9.26. The minimum Gasteiger partial charge on any atom is -0.274 e. The minimum absolute atomic E-state index is 0.564. The molecule has 2 unspecified atom stereocenters. The van der Waals surface area contributed by atoms with Crippen molar-refractivity contribution in [3.8, 4) is 0 Å². The van der Waals surface area contributed by atoms with Crippen LogP contribution in [0.5, 0.6) is 0 Å². The van der Waals surface area contributed by atoms with Crippen LogP contribution in [0.25, 0.3) is 0 Å². The molecule has 0 saturated carbocycles. The average Bonchev–Trinajstić information content (AvgIpc) is 2.62. The van der Waals surface area contributed by atoms with Crippen LogP contribution in [-0.4, -0.2) is 36.8 Å². The van der Waals surface area contributed by atoms with Gasteiger partial charge in [0.05, 0.1) is 0 Å². The lowest BCUT2D eigenvalue weighted by molar-refractivity contribution is -0.454. The van der Waals surface area contributed by atoms with Crippen LogP contribution >= 0.6 is 0 Å². The summed E-state index contributed by atoms with van der Waals surface area (Å²) in [6, 6.07) is 1.13. The lowest BCUT2D eigenvalue weighted by Gasteiger charge is -1.97. The molecule has 4 nitrogen and oxygen atoms in total. The molecular weight excluding hydrogens is 164 g/mol. The Morgan fingerprint density at radius 2 is 1.54 bits per heavy atom. The molecule has 0 aromatic heterocycles. The molecule has 2 rings (SSSR count). The lowest BCUT2D eigenvalue weighted by Crippen LogP contribution is -2.75. The molecule has 2 heterocycles. The lowest BCUT2D eigenvalue weighted by atomic mass is 10.3. The summed E-state index contributed by atoms with van der Waals surface area (Å²) < 4.78 is 0. The van der Waals surface area contributed by atoms with Gasteiger partial charge in [-0.05, 0) is 13.8 Å². The topological polar surface area (TPSA) is 52.0 Å². The molecular formula is C9H18N4+2. The van der Waals surface area contributed by atoms with Crippen LogP contribution in [-0.2, 0) is 0 Å². The molecule has 0 amide bonds. The quantitative estimate of drug-likeness (QED) is 0.355. The molecule has 0 aromatic rings. The Morgan fingerprint density at radius 1 is 1.08 bits per heavy atom. The molecule has 2 aliphatic rings. The molecule has 0 radical (unpaired) electrons. The van der Waals surface area contributed by atoms with Gasteiger partial charge in [-0.3, -0.25) is 20.6 Å². The van der Waals surface area contributed by atoms with E-state index in [1.54, 1.807) is 0 Å². The number of nitrogens with one attached hydrogen (secondary N) is 4. The van der Waals surface area contributed by atoms with Crippen molar-refractivity contribution in [3.05, 3.63) is 0 Å². The van der Waals surface area contributed by atoms with E-state index < -0.39 is 0 Å². The maximum Gasteiger partial charge on any atom is 0.255 e. The highest BCUT2D eigenvalue weighted by atomic mass is 15.1. The Balaban J connectivity index is 1.85. The Bertz CT molecular complexity index is 230. The summed E-state index contributed by atoms with van der Waals surface area (Å²) in [6.45, 7) is 6.45. The van der Waals surface area contributed by atoms with Gasteiger partial charge in [0, 0.05) is 0 Å². The first-order chi connectivity index (χ1) is 6.24. The fourth-order valence-electron chi connectivity index (χ4n) is 1.76. The van der Waals surface area contributed by atoms with Gasteiger partial charge in [-0.15, -0.1) is 0 Å². The first-order valence-corrected chi connectivity index (χ1v) is 4.96. The third kappa shape index (κ3) is 1.99. The largest absolute Gasteiger partial charge is 0.274 e. The summed E-state index contributed by atoms with van der Waals surface area (Å²) >= 11 is 0. The van der Waals surface area contributed by atoms with Gasteiger partial charge < -0.3 is 0 Å². The molecule has 13 heavy (non-hydrogen) atoms. The molecule has 0 aliphatic carbocycles. The third-order valence-corrected chi connectivity index (χ3v) is 2.44. The maximum absolute atomic E-state index is 3.40. The van der Waals surface area contributed by atoms with E-state index in [0.29, 0.717) is 12.1 Å². The van der Waals surface area contributed by atoms with Crippen molar-refractivity contribution in [3.63, 3.8) is 0 Å². The monoisotopic (exact) mass is 182 g/mol. The SMILES string of the molecule is CC1C[NH+]=C(CC2=[NH+]CC(C)N2)N1. The Hall–Kier alpha value is -1.06. The molecule has 0 bridgehead atoms. The zero-order valence-corrected chi connectivity index (χ0v) is 8.28. The van der Waals surface area contributed by atoms with E-state index in [-0.39, 0.29) is 0 Å². The fraction of sp³-hybridized carbons (Fsp3) is 0.778. The average molecular weight is 182 g/mol. The van der Waals surface area contributed by atoms with E-state index >= 15 is 0 Å². The summed E-state index contributed by atoms with van der Waals surface area (Å²) in [7, 11) is 0. The van der Waals surface area contributed by atoms with Crippen LogP contribution in [0.3, 0.4) is 0 Å². The van der Waals surface area contributed by atoms with Gasteiger partial charge in [0.2, 0.25) is 0 Å². The second-order valence-electron chi connectivity index (χ2n) is 3.99. The molecule has 0 saturated heterocycles. The van der Waals surface area contributed by atoms with Gasteiger partial charge in [-0.25, -0.2) is 0 Å². The summed E-state index contributed by atoms with van der Waals surface area (Å²) in [5.74, 6) is 2.47. The molecule has 2 aliphatic heterocycles. The fourth-order valence-corrected chi connectivity index (χ4v) is 1.76. The number of hydrogen-bond acceptors (Lipinski definition) is 2. The van der Waals surface area contributed by atoms with Crippen molar-refractivity contribution < 1.29 is 9.98 Å². The summed E-state index contributed by atoms with van der Waals surface area (Å²) in [4.78, 5) is 6.71. The second kappa shape index (κ2) is 3.36. The highest BCUT2D eigenvalue weighted by Crippen LogP contribution is 1.87. The van der Waals surface area contributed by atoms with Gasteiger partial charge in [0.25, 0.3) is 11.7 Å². The van der Waals surface area contributed by atoms with Crippen LogP contribution in [0.2, 0.25) is 0 Å². The second-order valence-corrected chi connectivity index (χ2v) is 3.99. The smallest absolute Gasteiger partial charge is 0.255 e. The summed E-state index contributed by atoms with van der Waals surface area (Å²) in [6.07, 6.45) is 0.953. The predicted octanol–water partition coefficient (Wildman–Crippen LogP) is -3.68. The van der Waals surface area contributed by atoms with Gasteiger partial charge in [-0.1, -0.05) is 0 Å². The van der Waals surface area contributed by atoms with E-state index in [1.165, 1.54) is 11.7 Å². The Kier molecular flexibility index (Phi) is 2.20. The van der Waals surface area contributed by atoms with Crippen molar-refractivity contribution in [2.75, 3.05) is 13.1 Å². The first-order valence-electron chi connectivity index (χ1n) is 4.96. The molecule has 0 spiro atoms. The highest BCUT2D eigenvalue weighted by Gasteiger charge is 2.27. The Labute approximate surface area is 78.5 Å². The predicted molar refractivity (Wildman–Crippen MR) is 51.5 cm³/mol. The number of hydrogen-bond donors (Lipinski definition) is 4. The maximum atomic E-state index is 3.40. The van der Waals surface area contributed by atoms with Crippen LogP contribution in [0.1, 0.15) is 20.3 Å². The van der Waals surface area contributed by atoms with Crippen molar-refractivity contribution in [2.45, 2.75) is 32.4 Å². The zero-order valence-electron chi connectivity index (χ0n) is 8.28. The minimum atomic E-state index is 0.564. The van der Waals surface area contributed by atoms with E-state index in [9.17, 15) is 0 Å². The van der Waals surface area contributed by atoms with E-state index in [2.05, 4.69) is 34.5 Å². The molecule has 72 valence electrons. The van der Waals surface area contributed by atoms with Gasteiger partial charge in [0.1, 0.15) is 31.6 Å². The standard InChI is InChI=1S/C9H16N4/c1-6-4-10-8(12-6)3-9-11-5-7(2)13-9/h6-7H,3-5H2,1-2H3,(H,10,12)(H,11,13)/p+2. The van der Waals surface area contributed by atoms with E-state index in [4.69, 9.17) is 0 Å². The van der Waals surface area contributed by atoms with Crippen LogP contribution in [0, 0.1) is 0 Å². The van der Waals surface area contributed by atoms with Gasteiger partial charge >= 0.3 is 0 Å². The summed E-state index contributed by atoms with van der Waals surface area (Å²) in [5, 5.41) is 6.80. The van der Waals surface area contributed by atoms with Crippen LogP contribution in [0.4, 0.5) is 0 Å². The molecule has 4 heteroatoms. The molecule has 2 atom stereocenters. The number of rotatable bonds is 2. The van der Waals surface area contributed by atoms with Crippen LogP contribution < -0.4 is 20.6 Å².